The molecule has 1 saturated carbocycles. The Hall–Kier alpha value is -1.26. The molecule has 1 aromatic carbocycles. The van der Waals surface area contributed by atoms with Gasteiger partial charge in [0, 0.05) is 18.6 Å². The lowest BCUT2D eigenvalue weighted by molar-refractivity contribution is 0.423. The summed E-state index contributed by atoms with van der Waals surface area (Å²) in [6.07, 6.45) is 6.19. The molecule has 1 fully saturated rings. The summed E-state index contributed by atoms with van der Waals surface area (Å²) in [4.78, 5) is 6.77. The van der Waals surface area contributed by atoms with Gasteiger partial charge in [0.25, 0.3) is 0 Å². The standard InChI is InChI=1S/C15H23ClN4/c1-20(11-12-6-5-7-13(16)10-12)15(19-17)18-14-8-3-2-4-9-14/h5-7,10,14H,2-4,8-9,11,17H2,1H3,(H,18,19). The summed E-state index contributed by atoms with van der Waals surface area (Å²) in [7, 11) is 1.99. The molecule has 0 aliphatic heterocycles. The summed E-state index contributed by atoms with van der Waals surface area (Å²) in [5.41, 5.74) is 3.87. The van der Waals surface area contributed by atoms with E-state index in [-0.39, 0.29) is 0 Å². The summed E-state index contributed by atoms with van der Waals surface area (Å²) in [6, 6.07) is 8.25. The quantitative estimate of drug-likeness (QED) is 0.390. The highest BCUT2D eigenvalue weighted by molar-refractivity contribution is 6.30. The summed E-state index contributed by atoms with van der Waals surface area (Å²) in [6.45, 7) is 0.732. The van der Waals surface area contributed by atoms with Gasteiger partial charge in [-0.25, -0.2) is 10.8 Å². The number of hydrogen-bond donors (Lipinski definition) is 2. The number of nitrogens with two attached hydrogens (primary N) is 1. The van der Waals surface area contributed by atoms with Gasteiger partial charge in [-0.15, -0.1) is 0 Å². The maximum Gasteiger partial charge on any atom is 0.208 e. The summed E-state index contributed by atoms with van der Waals surface area (Å²) in [5.74, 6) is 6.37. The highest BCUT2D eigenvalue weighted by Gasteiger charge is 2.14. The van der Waals surface area contributed by atoms with Crippen LogP contribution in [-0.4, -0.2) is 23.9 Å². The summed E-state index contributed by atoms with van der Waals surface area (Å²) >= 11 is 6.01. The fourth-order valence-electron chi connectivity index (χ4n) is 2.61. The molecule has 0 saturated heterocycles. The average Bonchev–Trinajstić information content (AvgIpc) is 2.45. The van der Waals surface area contributed by atoms with E-state index < -0.39 is 0 Å². The van der Waals surface area contributed by atoms with Crippen LogP contribution in [-0.2, 0) is 6.54 Å². The normalized spacial score (nSPS) is 17.1. The first-order valence-electron chi connectivity index (χ1n) is 7.19. The van der Waals surface area contributed by atoms with Gasteiger partial charge < -0.3 is 4.90 Å². The average molecular weight is 295 g/mol. The van der Waals surface area contributed by atoms with Crippen molar-refractivity contribution in [2.24, 2.45) is 10.8 Å². The molecule has 0 heterocycles. The Bertz CT molecular complexity index is 455. The summed E-state index contributed by atoms with van der Waals surface area (Å²) < 4.78 is 0. The van der Waals surface area contributed by atoms with E-state index in [1.165, 1.54) is 19.3 Å². The van der Waals surface area contributed by atoms with Crippen LogP contribution >= 0.6 is 11.6 Å². The number of guanidine groups is 1. The Kier molecular flexibility index (Phi) is 5.68. The van der Waals surface area contributed by atoms with Crippen LogP contribution in [0, 0.1) is 0 Å². The van der Waals surface area contributed by atoms with Crippen molar-refractivity contribution in [2.75, 3.05) is 7.05 Å². The van der Waals surface area contributed by atoms with Crippen LogP contribution in [0.2, 0.25) is 5.02 Å². The van der Waals surface area contributed by atoms with Gasteiger partial charge in [0.15, 0.2) is 0 Å². The second-order valence-electron chi connectivity index (χ2n) is 5.37. The van der Waals surface area contributed by atoms with Gasteiger partial charge in [0.2, 0.25) is 5.96 Å². The molecular formula is C15H23ClN4. The van der Waals surface area contributed by atoms with Crippen molar-refractivity contribution in [2.45, 2.75) is 44.7 Å². The smallest absolute Gasteiger partial charge is 0.208 e. The van der Waals surface area contributed by atoms with Crippen molar-refractivity contribution in [1.29, 1.82) is 0 Å². The van der Waals surface area contributed by atoms with Gasteiger partial charge >= 0.3 is 0 Å². The highest BCUT2D eigenvalue weighted by atomic mass is 35.5. The van der Waals surface area contributed by atoms with Gasteiger partial charge in [-0.1, -0.05) is 43.0 Å². The van der Waals surface area contributed by atoms with Crippen molar-refractivity contribution in [3.63, 3.8) is 0 Å². The van der Waals surface area contributed by atoms with Crippen LogP contribution in [0.5, 0.6) is 0 Å². The number of rotatable bonds is 3. The van der Waals surface area contributed by atoms with Crippen molar-refractivity contribution < 1.29 is 0 Å². The first-order valence-corrected chi connectivity index (χ1v) is 7.57. The molecule has 0 unspecified atom stereocenters. The topological polar surface area (TPSA) is 53.6 Å². The lowest BCUT2D eigenvalue weighted by Gasteiger charge is -2.24. The Balaban J connectivity index is 2.00. The number of halogens is 1. The zero-order chi connectivity index (χ0) is 14.4. The third-order valence-electron chi connectivity index (χ3n) is 3.68. The Morgan fingerprint density at radius 1 is 1.40 bits per heavy atom. The van der Waals surface area contributed by atoms with E-state index in [2.05, 4.69) is 11.5 Å². The molecule has 1 aromatic rings. The van der Waals surface area contributed by atoms with Gasteiger partial charge in [-0.3, -0.25) is 5.43 Å². The van der Waals surface area contributed by atoms with Gasteiger partial charge in [-0.05, 0) is 30.5 Å². The van der Waals surface area contributed by atoms with E-state index in [1.54, 1.807) is 0 Å². The van der Waals surface area contributed by atoms with E-state index >= 15 is 0 Å². The Labute approximate surface area is 126 Å². The third kappa shape index (κ3) is 4.39. The van der Waals surface area contributed by atoms with Crippen LogP contribution in [0.1, 0.15) is 37.7 Å². The van der Waals surface area contributed by atoms with E-state index in [1.807, 2.05) is 30.1 Å². The number of hydrazine groups is 1. The van der Waals surface area contributed by atoms with Crippen molar-refractivity contribution >= 4 is 17.6 Å². The number of hydrogen-bond acceptors (Lipinski definition) is 2. The Morgan fingerprint density at radius 3 is 2.80 bits per heavy atom. The predicted molar refractivity (Wildman–Crippen MR) is 84.6 cm³/mol. The molecule has 2 rings (SSSR count). The van der Waals surface area contributed by atoms with Crippen molar-refractivity contribution in [3.8, 4) is 0 Å². The molecule has 20 heavy (non-hydrogen) atoms. The second kappa shape index (κ2) is 7.50. The van der Waals surface area contributed by atoms with Crippen LogP contribution in [0.4, 0.5) is 0 Å². The molecule has 1 aliphatic carbocycles. The second-order valence-corrected chi connectivity index (χ2v) is 5.81. The number of benzene rings is 1. The molecule has 0 amide bonds. The first kappa shape index (κ1) is 15.1. The SMILES string of the molecule is CN(Cc1cccc(Cl)c1)C(=NC1CCCCC1)NN. The van der Waals surface area contributed by atoms with Gasteiger partial charge in [0.1, 0.15) is 0 Å². The molecule has 0 aromatic heterocycles. The molecular weight excluding hydrogens is 272 g/mol. The minimum Gasteiger partial charge on any atom is -0.341 e. The number of aliphatic imine (C=N–C) groups is 1. The molecule has 0 atom stereocenters. The molecule has 110 valence electrons. The number of nitrogens with one attached hydrogen (secondary N) is 1. The van der Waals surface area contributed by atoms with E-state index in [0.29, 0.717) is 6.04 Å². The minimum absolute atomic E-state index is 0.400. The van der Waals surface area contributed by atoms with E-state index in [9.17, 15) is 0 Å². The van der Waals surface area contributed by atoms with E-state index in [4.69, 9.17) is 22.4 Å². The zero-order valence-corrected chi connectivity index (χ0v) is 12.7. The largest absolute Gasteiger partial charge is 0.341 e. The predicted octanol–water partition coefficient (Wildman–Crippen LogP) is 2.92. The van der Waals surface area contributed by atoms with Gasteiger partial charge in [-0.2, -0.15) is 0 Å². The monoisotopic (exact) mass is 294 g/mol. The lowest BCUT2D eigenvalue weighted by atomic mass is 9.96. The molecule has 4 nitrogen and oxygen atoms in total. The Morgan fingerprint density at radius 2 is 2.15 bits per heavy atom. The van der Waals surface area contributed by atoms with Crippen molar-refractivity contribution in [1.82, 2.24) is 10.3 Å². The maximum atomic E-state index is 6.01. The van der Waals surface area contributed by atoms with Crippen LogP contribution in [0.3, 0.4) is 0 Å². The molecule has 0 spiro atoms. The number of nitrogens with zero attached hydrogens (tertiary/aromatic N) is 2. The van der Waals surface area contributed by atoms with Crippen LogP contribution < -0.4 is 11.3 Å². The third-order valence-corrected chi connectivity index (χ3v) is 3.91. The highest BCUT2D eigenvalue weighted by Crippen LogP contribution is 2.20. The molecule has 0 radical (unpaired) electrons. The maximum absolute atomic E-state index is 6.01. The zero-order valence-electron chi connectivity index (χ0n) is 12.0. The van der Waals surface area contributed by atoms with Gasteiger partial charge in [0.05, 0.1) is 6.04 Å². The molecule has 0 bridgehead atoms. The minimum atomic E-state index is 0.400. The van der Waals surface area contributed by atoms with Crippen LogP contribution in [0.15, 0.2) is 29.3 Å². The lowest BCUT2D eigenvalue weighted by Crippen LogP contribution is -2.43. The molecule has 3 N–H and O–H groups in total. The van der Waals surface area contributed by atoms with Crippen molar-refractivity contribution in [3.05, 3.63) is 34.9 Å². The van der Waals surface area contributed by atoms with Crippen LogP contribution in [0.25, 0.3) is 0 Å². The fraction of sp³-hybridized carbons (Fsp3) is 0.533. The first-order chi connectivity index (χ1) is 9.69. The molecule has 1 aliphatic rings. The molecule has 5 heteroatoms. The van der Waals surface area contributed by atoms with E-state index in [0.717, 1.165) is 35.9 Å². The fourth-order valence-corrected chi connectivity index (χ4v) is 2.83. The summed E-state index contributed by atoms with van der Waals surface area (Å²) in [5, 5.41) is 0.752.